The zero-order valence-electron chi connectivity index (χ0n) is 11.1. The fourth-order valence-electron chi connectivity index (χ4n) is 2.57. The minimum absolute atomic E-state index is 0.0626. The number of benzene rings is 1. The minimum Gasteiger partial charge on any atom is -0.409 e. The predicted octanol–water partition coefficient (Wildman–Crippen LogP) is 2.29. The summed E-state index contributed by atoms with van der Waals surface area (Å²) in [6.45, 7) is 3.93. The standard InChI is InChI=1S/C14H20FN3O/c1-10-4-2-3-5-18(10)9-11-6-12(14(16)17-19)8-13(15)7-11/h6-8,10,19H,2-5,9H2,1H3,(H2,16,17). The molecule has 1 atom stereocenters. The van der Waals surface area contributed by atoms with E-state index in [1.807, 2.05) is 0 Å². The van der Waals surface area contributed by atoms with Crippen molar-refractivity contribution in [2.45, 2.75) is 38.8 Å². The van der Waals surface area contributed by atoms with Gasteiger partial charge >= 0.3 is 0 Å². The fourth-order valence-corrected chi connectivity index (χ4v) is 2.57. The summed E-state index contributed by atoms with van der Waals surface area (Å²) in [6, 6.07) is 5.08. The van der Waals surface area contributed by atoms with Gasteiger partial charge in [-0.3, -0.25) is 4.90 Å². The van der Waals surface area contributed by atoms with E-state index in [0.29, 0.717) is 18.2 Å². The zero-order chi connectivity index (χ0) is 13.8. The number of halogens is 1. The first-order valence-electron chi connectivity index (χ1n) is 6.61. The van der Waals surface area contributed by atoms with Gasteiger partial charge in [-0.25, -0.2) is 4.39 Å². The quantitative estimate of drug-likeness (QED) is 0.381. The highest BCUT2D eigenvalue weighted by atomic mass is 19.1. The zero-order valence-corrected chi connectivity index (χ0v) is 11.1. The highest BCUT2D eigenvalue weighted by molar-refractivity contribution is 5.97. The van der Waals surface area contributed by atoms with Crippen molar-refractivity contribution in [2.75, 3.05) is 6.54 Å². The number of piperidine rings is 1. The monoisotopic (exact) mass is 265 g/mol. The molecule has 1 aromatic carbocycles. The van der Waals surface area contributed by atoms with Crippen molar-refractivity contribution in [1.82, 2.24) is 4.90 Å². The Kier molecular flexibility index (Phi) is 4.37. The molecule has 3 N–H and O–H groups in total. The van der Waals surface area contributed by atoms with Crippen LogP contribution < -0.4 is 5.73 Å². The maximum absolute atomic E-state index is 13.6. The van der Waals surface area contributed by atoms with Gasteiger partial charge in [-0.15, -0.1) is 0 Å². The van der Waals surface area contributed by atoms with Crippen molar-refractivity contribution in [3.8, 4) is 0 Å². The van der Waals surface area contributed by atoms with Crippen molar-refractivity contribution >= 4 is 5.84 Å². The van der Waals surface area contributed by atoms with Gasteiger partial charge in [0.05, 0.1) is 0 Å². The molecular weight excluding hydrogens is 245 g/mol. The number of hydrogen-bond donors (Lipinski definition) is 2. The summed E-state index contributed by atoms with van der Waals surface area (Å²) in [5.74, 6) is -0.420. The molecule has 0 spiro atoms. The van der Waals surface area contributed by atoms with Crippen molar-refractivity contribution in [3.05, 3.63) is 35.1 Å². The Balaban J connectivity index is 2.17. The van der Waals surface area contributed by atoms with Crippen LogP contribution >= 0.6 is 0 Å². The molecule has 0 bridgehead atoms. The molecule has 0 aliphatic carbocycles. The average Bonchev–Trinajstić information content (AvgIpc) is 2.40. The number of oxime groups is 1. The highest BCUT2D eigenvalue weighted by Gasteiger charge is 2.18. The van der Waals surface area contributed by atoms with Crippen LogP contribution in [-0.2, 0) is 6.54 Å². The lowest BCUT2D eigenvalue weighted by molar-refractivity contribution is 0.152. The van der Waals surface area contributed by atoms with E-state index in [9.17, 15) is 4.39 Å². The Morgan fingerprint density at radius 3 is 2.95 bits per heavy atom. The molecule has 104 valence electrons. The van der Waals surface area contributed by atoms with Gasteiger partial charge in [-0.1, -0.05) is 11.6 Å². The third-order valence-electron chi connectivity index (χ3n) is 3.69. The maximum Gasteiger partial charge on any atom is 0.170 e. The van der Waals surface area contributed by atoms with E-state index >= 15 is 0 Å². The first kappa shape index (κ1) is 13.8. The molecule has 0 amide bonds. The molecule has 1 heterocycles. The number of likely N-dealkylation sites (tertiary alicyclic amines) is 1. The summed E-state index contributed by atoms with van der Waals surface area (Å²) in [5, 5.41) is 11.6. The third-order valence-corrected chi connectivity index (χ3v) is 3.69. The van der Waals surface area contributed by atoms with Crippen LogP contribution in [0, 0.1) is 5.82 Å². The minimum atomic E-state index is -0.358. The van der Waals surface area contributed by atoms with Gasteiger partial charge in [0, 0.05) is 18.2 Å². The van der Waals surface area contributed by atoms with E-state index < -0.39 is 0 Å². The van der Waals surface area contributed by atoms with Crippen LogP contribution in [0.1, 0.15) is 37.3 Å². The van der Waals surface area contributed by atoms with E-state index in [-0.39, 0.29) is 11.7 Å². The van der Waals surface area contributed by atoms with Crippen molar-refractivity contribution in [2.24, 2.45) is 10.9 Å². The lowest BCUT2D eigenvalue weighted by Gasteiger charge is -2.33. The Morgan fingerprint density at radius 2 is 2.26 bits per heavy atom. The predicted molar refractivity (Wildman–Crippen MR) is 72.6 cm³/mol. The van der Waals surface area contributed by atoms with Crippen LogP contribution in [0.5, 0.6) is 0 Å². The summed E-state index contributed by atoms with van der Waals surface area (Å²) in [5.41, 5.74) is 6.79. The molecule has 4 nitrogen and oxygen atoms in total. The number of hydrogen-bond acceptors (Lipinski definition) is 3. The average molecular weight is 265 g/mol. The molecule has 1 unspecified atom stereocenters. The molecule has 1 aliphatic heterocycles. The maximum atomic E-state index is 13.6. The number of rotatable bonds is 3. The first-order chi connectivity index (χ1) is 9.10. The van der Waals surface area contributed by atoms with E-state index in [2.05, 4.69) is 17.0 Å². The lowest BCUT2D eigenvalue weighted by Crippen LogP contribution is -2.36. The molecule has 2 rings (SSSR count). The molecule has 19 heavy (non-hydrogen) atoms. The smallest absolute Gasteiger partial charge is 0.170 e. The Morgan fingerprint density at radius 1 is 1.47 bits per heavy atom. The van der Waals surface area contributed by atoms with E-state index in [1.54, 1.807) is 6.07 Å². The first-order valence-corrected chi connectivity index (χ1v) is 6.61. The Labute approximate surface area is 112 Å². The summed E-state index contributed by atoms with van der Waals surface area (Å²) >= 11 is 0. The summed E-state index contributed by atoms with van der Waals surface area (Å²) < 4.78 is 13.6. The van der Waals surface area contributed by atoms with Crippen LogP contribution in [-0.4, -0.2) is 28.5 Å². The molecular formula is C14H20FN3O. The van der Waals surface area contributed by atoms with Gasteiger partial charge < -0.3 is 10.9 Å². The topological polar surface area (TPSA) is 61.8 Å². The molecule has 1 aliphatic rings. The highest BCUT2D eigenvalue weighted by Crippen LogP contribution is 2.20. The van der Waals surface area contributed by atoms with Gasteiger partial charge in [0.25, 0.3) is 0 Å². The van der Waals surface area contributed by atoms with Crippen LogP contribution in [0.25, 0.3) is 0 Å². The van der Waals surface area contributed by atoms with E-state index in [0.717, 1.165) is 12.1 Å². The number of nitrogens with two attached hydrogens (primary N) is 1. The number of amidine groups is 1. The lowest BCUT2D eigenvalue weighted by atomic mass is 10.0. The van der Waals surface area contributed by atoms with Crippen LogP contribution in [0.2, 0.25) is 0 Å². The van der Waals surface area contributed by atoms with E-state index in [1.165, 1.54) is 31.4 Å². The Bertz CT molecular complexity index is 476. The Hall–Kier alpha value is -1.62. The second-order valence-corrected chi connectivity index (χ2v) is 5.15. The van der Waals surface area contributed by atoms with Crippen molar-refractivity contribution in [1.29, 1.82) is 0 Å². The fraction of sp³-hybridized carbons (Fsp3) is 0.500. The molecule has 0 aromatic heterocycles. The SMILES string of the molecule is CC1CCCCN1Cc1cc(F)cc(/C(N)=N/O)c1. The van der Waals surface area contributed by atoms with Gasteiger partial charge in [-0.05, 0) is 50.1 Å². The normalized spacial score (nSPS) is 21.6. The molecule has 1 fully saturated rings. The molecule has 0 radical (unpaired) electrons. The van der Waals surface area contributed by atoms with Crippen LogP contribution in [0.15, 0.2) is 23.4 Å². The van der Waals surface area contributed by atoms with Crippen molar-refractivity contribution in [3.63, 3.8) is 0 Å². The van der Waals surface area contributed by atoms with Gasteiger partial charge in [0.15, 0.2) is 5.84 Å². The summed E-state index contributed by atoms with van der Waals surface area (Å²) in [4.78, 5) is 2.34. The summed E-state index contributed by atoms with van der Waals surface area (Å²) in [6.07, 6.45) is 3.63. The van der Waals surface area contributed by atoms with Gasteiger partial charge in [-0.2, -0.15) is 0 Å². The summed E-state index contributed by atoms with van der Waals surface area (Å²) in [7, 11) is 0. The van der Waals surface area contributed by atoms with Crippen molar-refractivity contribution < 1.29 is 9.60 Å². The van der Waals surface area contributed by atoms with Crippen LogP contribution in [0.3, 0.4) is 0 Å². The van der Waals surface area contributed by atoms with Gasteiger partial charge in [0.1, 0.15) is 5.82 Å². The largest absolute Gasteiger partial charge is 0.409 e. The van der Waals surface area contributed by atoms with Crippen LogP contribution in [0.4, 0.5) is 4.39 Å². The second kappa shape index (κ2) is 6.02. The molecule has 1 saturated heterocycles. The van der Waals surface area contributed by atoms with Gasteiger partial charge in [0.2, 0.25) is 0 Å². The molecule has 1 aromatic rings. The second-order valence-electron chi connectivity index (χ2n) is 5.15. The molecule has 0 saturated carbocycles. The third kappa shape index (κ3) is 3.44. The molecule has 5 heteroatoms. The van der Waals surface area contributed by atoms with E-state index in [4.69, 9.17) is 10.9 Å². The number of nitrogens with zero attached hydrogens (tertiary/aromatic N) is 2.